The summed E-state index contributed by atoms with van der Waals surface area (Å²) in [5.74, 6) is -0.899. The summed E-state index contributed by atoms with van der Waals surface area (Å²) in [7, 11) is 1.92. The largest absolute Gasteiger partial charge is 0.338 e. The first kappa shape index (κ1) is 13.3. The lowest BCUT2D eigenvalue weighted by atomic mass is 10.0. The van der Waals surface area contributed by atoms with Crippen molar-refractivity contribution in [2.45, 2.75) is 18.9 Å². The molecule has 5 heteroatoms. The van der Waals surface area contributed by atoms with Crippen molar-refractivity contribution in [2.24, 2.45) is 0 Å². The molecule has 1 aliphatic heterocycles. The maximum atomic E-state index is 13.8. The molecule has 1 aliphatic rings. The normalized spacial score (nSPS) is 16.9. The summed E-state index contributed by atoms with van der Waals surface area (Å²) in [4.78, 5) is 13.9. The second-order valence-corrected chi connectivity index (χ2v) is 4.86. The molecule has 18 heavy (non-hydrogen) atoms. The quantitative estimate of drug-likeness (QED) is 0.894. The van der Waals surface area contributed by atoms with Gasteiger partial charge in [0.1, 0.15) is 0 Å². The number of benzene rings is 1. The summed E-state index contributed by atoms with van der Waals surface area (Å²) in [6, 6.07) is 4.96. The van der Waals surface area contributed by atoms with Crippen LogP contribution < -0.4 is 5.32 Å². The molecule has 1 aromatic rings. The maximum Gasteiger partial charge on any atom is 0.256 e. The van der Waals surface area contributed by atoms with Crippen LogP contribution in [0.15, 0.2) is 18.2 Å². The van der Waals surface area contributed by atoms with E-state index in [0.717, 1.165) is 12.8 Å². The molecule has 1 fully saturated rings. The lowest BCUT2D eigenvalue weighted by Crippen LogP contribution is -2.44. The third kappa shape index (κ3) is 2.65. The molecule has 1 heterocycles. The van der Waals surface area contributed by atoms with E-state index in [1.54, 1.807) is 11.0 Å². The number of carbonyl (C=O) groups excluding carboxylic acids is 1. The van der Waals surface area contributed by atoms with Crippen LogP contribution in [-0.2, 0) is 0 Å². The second-order valence-electron chi connectivity index (χ2n) is 4.46. The fraction of sp³-hybridized carbons (Fsp3) is 0.462. The first-order valence-electron chi connectivity index (χ1n) is 6.04. The van der Waals surface area contributed by atoms with Gasteiger partial charge in [0.15, 0.2) is 5.82 Å². The molecule has 0 aliphatic carbocycles. The van der Waals surface area contributed by atoms with Gasteiger partial charge in [-0.25, -0.2) is 4.39 Å². The molecule has 0 radical (unpaired) electrons. The van der Waals surface area contributed by atoms with Gasteiger partial charge in [0.05, 0.1) is 10.6 Å². The monoisotopic (exact) mass is 270 g/mol. The minimum absolute atomic E-state index is 0.00837. The number of nitrogens with one attached hydrogen (secondary N) is 1. The zero-order chi connectivity index (χ0) is 13.1. The molecule has 0 bridgehead atoms. The number of hydrogen-bond acceptors (Lipinski definition) is 2. The Morgan fingerprint density at radius 1 is 1.44 bits per heavy atom. The molecular weight excluding hydrogens is 255 g/mol. The molecule has 0 spiro atoms. The van der Waals surface area contributed by atoms with Crippen LogP contribution in [0, 0.1) is 5.82 Å². The van der Waals surface area contributed by atoms with Gasteiger partial charge in [-0.1, -0.05) is 17.7 Å². The number of piperidine rings is 1. The van der Waals surface area contributed by atoms with Crippen LogP contribution in [0.4, 0.5) is 4.39 Å². The third-order valence-electron chi connectivity index (χ3n) is 3.37. The Morgan fingerprint density at radius 3 is 2.72 bits per heavy atom. The summed E-state index contributed by atoms with van der Waals surface area (Å²) in [6.45, 7) is 1.30. The highest BCUT2D eigenvalue weighted by molar-refractivity contribution is 6.31. The van der Waals surface area contributed by atoms with Crippen LogP contribution in [0.25, 0.3) is 0 Å². The molecule has 0 atom stereocenters. The fourth-order valence-electron chi connectivity index (χ4n) is 2.21. The van der Waals surface area contributed by atoms with Gasteiger partial charge < -0.3 is 10.2 Å². The minimum atomic E-state index is -0.625. The van der Waals surface area contributed by atoms with Crippen molar-refractivity contribution in [3.63, 3.8) is 0 Å². The highest BCUT2D eigenvalue weighted by Crippen LogP contribution is 2.21. The SMILES string of the molecule is CNC1CCN(C(=O)c2cccc(Cl)c2F)CC1. The van der Waals surface area contributed by atoms with Gasteiger partial charge in [-0.2, -0.15) is 0 Å². The van der Waals surface area contributed by atoms with Crippen LogP contribution in [0.3, 0.4) is 0 Å². The van der Waals surface area contributed by atoms with Gasteiger partial charge >= 0.3 is 0 Å². The number of hydrogen-bond donors (Lipinski definition) is 1. The van der Waals surface area contributed by atoms with E-state index in [2.05, 4.69) is 5.32 Å². The van der Waals surface area contributed by atoms with Crippen molar-refractivity contribution in [3.05, 3.63) is 34.6 Å². The fourth-order valence-corrected chi connectivity index (χ4v) is 2.39. The Morgan fingerprint density at radius 2 is 2.11 bits per heavy atom. The number of nitrogens with zero attached hydrogens (tertiary/aromatic N) is 1. The van der Waals surface area contributed by atoms with Crippen LogP contribution in [-0.4, -0.2) is 37.0 Å². The summed E-state index contributed by atoms with van der Waals surface area (Å²) in [5, 5.41) is 3.18. The topological polar surface area (TPSA) is 32.3 Å². The molecule has 1 amide bonds. The highest BCUT2D eigenvalue weighted by Gasteiger charge is 2.25. The van der Waals surface area contributed by atoms with Crippen LogP contribution in [0.2, 0.25) is 5.02 Å². The molecule has 0 aromatic heterocycles. The Bertz CT molecular complexity index is 445. The van der Waals surface area contributed by atoms with Crippen LogP contribution in [0.1, 0.15) is 23.2 Å². The van der Waals surface area contributed by atoms with Crippen molar-refractivity contribution in [3.8, 4) is 0 Å². The van der Waals surface area contributed by atoms with Crippen molar-refractivity contribution in [1.29, 1.82) is 0 Å². The average molecular weight is 271 g/mol. The Labute approximate surface area is 111 Å². The maximum absolute atomic E-state index is 13.8. The van der Waals surface area contributed by atoms with Gasteiger partial charge in [-0.05, 0) is 32.0 Å². The summed E-state index contributed by atoms with van der Waals surface area (Å²) in [6.07, 6.45) is 1.79. The molecule has 1 saturated heterocycles. The van der Waals surface area contributed by atoms with E-state index in [1.165, 1.54) is 12.1 Å². The molecule has 1 N–H and O–H groups in total. The van der Waals surface area contributed by atoms with Gasteiger partial charge in [-0.15, -0.1) is 0 Å². The third-order valence-corrected chi connectivity index (χ3v) is 3.66. The summed E-state index contributed by atoms with van der Waals surface area (Å²) in [5.41, 5.74) is 0.0606. The molecule has 0 unspecified atom stereocenters. The van der Waals surface area contributed by atoms with Crippen molar-refractivity contribution < 1.29 is 9.18 Å². The Hall–Kier alpha value is -1.13. The first-order valence-corrected chi connectivity index (χ1v) is 6.42. The molecule has 3 nitrogen and oxygen atoms in total. The van der Waals surface area contributed by atoms with Crippen molar-refractivity contribution >= 4 is 17.5 Å². The number of halogens is 2. The summed E-state index contributed by atoms with van der Waals surface area (Å²) >= 11 is 5.69. The molecular formula is C13H16ClFN2O. The lowest BCUT2D eigenvalue weighted by molar-refractivity contribution is 0.0702. The molecule has 1 aromatic carbocycles. The average Bonchev–Trinajstić information content (AvgIpc) is 2.41. The molecule has 98 valence electrons. The Balaban J connectivity index is 2.10. The van der Waals surface area contributed by atoms with E-state index in [-0.39, 0.29) is 16.5 Å². The number of likely N-dealkylation sites (tertiary alicyclic amines) is 1. The van der Waals surface area contributed by atoms with Crippen LogP contribution in [0.5, 0.6) is 0 Å². The zero-order valence-electron chi connectivity index (χ0n) is 10.2. The van der Waals surface area contributed by atoms with Crippen LogP contribution >= 0.6 is 11.6 Å². The number of amides is 1. The molecule has 0 saturated carbocycles. The predicted molar refractivity (Wildman–Crippen MR) is 69.4 cm³/mol. The number of carbonyl (C=O) groups is 1. The Kier molecular flexibility index (Phi) is 4.19. The van der Waals surface area contributed by atoms with Gasteiger partial charge in [0, 0.05) is 19.1 Å². The second kappa shape index (κ2) is 5.67. The van der Waals surface area contributed by atoms with E-state index in [9.17, 15) is 9.18 Å². The van der Waals surface area contributed by atoms with E-state index < -0.39 is 5.82 Å². The van der Waals surface area contributed by atoms with E-state index in [1.807, 2.05) is 7.05 Å². The van der Waals surface area contributed by atoms with Gasteiger partial charge in [-0.3, -0.25) is 4.79 Å². The van der Waals surface area contributed by atoms with E-state index >= 15 is 0 Å². The molecule has 2 rings (SSSR count). The van der Waals surface area contributed by atoms with Gasteiger partial charge in [0.25, 0.3) is 5.91 Å². The van der Waals surface area contributed by atoms with E-state index in [0.29, 0.717) is 19.1 Å². The standard InChI is InChI=1S/C13H16ClFN2O/c1-16-9-5-7-17(8-6-9)13(18)10-3-2-4-11(14)12(10)15/h2-4,9,16H,5-8H2,1H3. The van der Waals surface area contributed by atoms with Gasteiger partial charge in [0.2, 0.25) is 0 Å². The van der Waals surface area contributed by atoms with Crippen molar-refractivity contribution in [2.75, 3.05) is 20.1 Å². The number of rotatable bonds is 2. The summed E-state index contributed by atoms with van der Waals surface area (Å²) < 4.78 is 13.8. The zero-order valence-corrected chi connectivity index (χ0v) is 11.0. The van der Waals surface area contributed by atoms with E-state index in [4.69, 9.17) is 11.6 Å². The predicted octanol–water partition coefficient (Wildman–Crippen LogP) is 2.30. The first-order chi connectivity index (χ1) is 8.63. The highest BCUT2D eigenvalue weighted by atomic mass is 35.5. The minimum Gasteiger partial charge on any atom is -0.338 e. The lowest BCUT2D eigenvalue weighted by Gasteiger charge is -2.32. The van der Waals surface area contributed by atoms with Crippen molar-refractivity contribution in [1.82, 2.24) is 10.2 Å². The smallest absolute Gasteiger partial charge is 0.256 e.